The summed E-state index contributed by atoms with van der Waals surface area (Å²) in [6.45, 7) is 3.70. The van der Waals surface area contributed by atoms with Gasteiger partial charge in [0.05, 0.1) is 26.4 Å². The maximum absolute atomic E-state index is 6.00. The summed E-state index contributed by atoms with van der Waals surface area (Å²) < 4.78 is 16.1. The van der Waals surface area contributed by atoms with E-state index in [4.69, 9.17) is 26.8 Å². The Bertz CT molecular complexity index is 1260. The highest BCUT2D eigenvalue weighted by atomic mass is 32.1. The van der Waals surface area contributed by atoms with Crippen LogP contribution in [0.4, 0.5) is 0 Å². The van der Waals surface area contributed by atoms with Crippen molar-refractivity contribution in [1.82, 2.24) is 19.2 Å². The summed E-state index contributed by atoms with van der Waals surface area (Å²) in [5.41, 5.74) is 3.53. The molecule has 0 aliphatic carbocycles. The zero-order valence-corrected chi connectivity index (χ0v) is 21.4. The predicted octanol–water partition coefficient (Wildman–Crippen LogP) is 5.93. The van der Waals surface area contributed by atoms with Crippen molar-refractivity contribution in [3.8, 4) is 17.1 Å². The van der Waals surface area contributed by atoms with Crippen LogP contribution < -0.4 is 4.74 Å². The van der Waals surface area contributed by atoms with Crippen molar-refractivity contribution in [3.63, 3.8) is 0 Å². The molecule has 0 amide bonds. The molecule has 0 unspecified atom stereocenters. The monoisotopic (exact) mass is 500 g/mol. The minimum atomic E-state index is 0.163. The van der Waals surface area contributed by atoms with Gasteiger partial charge in [-0.1, -0.05) is 60.7 Å². The van der Waals surface area contributed by atoms with Crippen molar-refractivity contribution < 1.29 is 9.47 Å². The molecule has 36 heavy (non-hydrogen) atoms. The first-order chi connectivity index (χ1) is 17.7. The second-order valence-corrected chi connectivity index (χ2v) is 9.54. The van der Waals surface area contributed by atoms with Crippen molar-refractivity contribution >= 4 is 12.2 Å². The molecule has 0 radical (unpaired) electrons. The first-order valence-electron chi connectivity index (χ1n) is 12.4. The Hall–Kier alpha value is -3.26. The first-order valence-corrected chi connectivity index (χ1v) is 12.8. The number of ether oxygens (including phenoxy) is 2. The average molecular weight is 501 g/mol. The van der Waals surface area contributed by atoms with E-state index in [1.54, 1.807) is 7.11 Å². The summed E-state index contributed by atoms with van der Waals surface area (Å²) in [5, 5.41) is 5.04. The molecule has 1 fully saturated rings. The van der Waals surface area contributed by atoms with Crippen LogP contribution in [0.2, 0.25) is 0 Å². The second-order valence-electron chi connectivity index (χ2n) is 9.18. The lowest BCUT2D eigenvalue weighted by atomic mass is 10.2. The number of rotatable bonds is 10. The molecule has 0 spiro atoms. The SMILES string of the molecule is COc1ccc(-c2nn(CN(Cc3ccccc3)Cc3ccccc3)c(=S)n2C[C@@H]2CCCO2)cc1. The number of nitrogens with zero attached hydrogens (tertiary/aromatic N) is 4. The highest BCUT2D eigenvalue weighted by Gasteiger charge is 2.22. The van der Waals surface area contributed by atoms with Crippen LogP contribution in [0.1, 0.15) is 24.0 Å². The third-order valence-electron chi connectivity index (χ3n) is 6.51. The summed E-state index contributed by atoms with van der Waals surface area (Å²) in [7, 11) is 1.68. The second kappa shape index (κ2) is 11.6. The highest BCUT2D eigenvalue weighted by molar-refractivity contribution is 7.71. The molecule has 1 aliphatic heterocycles. The van der Waals surface area contributed by atoms with Crippen LogP contribution in [-0.4, -0.2) is 39.1 Å². The van der Waals surface area contributed by atoms with Gasteiger partial charge in [0.15, 0.2) is 10.6 Å². The van der Waals surface area contributed by atoms with Crippen molar-refractivity contribution in [3.05, 3.63) is 101 Å². The maximum Gasteiger partial charge on any atom is 0.199 e. The summed E-state index contributed by atoms with van der Waals surface area (Å²) in [5.74, 6) is 1.68. The van der Waals surface area contributed by atoms with Crippen LogP contribution in [0.25, 0.3) is 11.4 Å². The minimum Gasteiger partial charge on any atom is -0.497 e. The Morgan fingerprint density at radius 1 is 0.944 bits per heavy atom. The summed E-state index contributed by atoms with van der Waals surface area (Å²) in [6.07, 6.45) is 2.30. The lowest BCUT2D eigenvalue weighted by Gasteiger charge is -2.22. The molecule has 186 valence electrons. The summed E-state index contributed by atoms with van der Waals surface area (Å²) in [6, 6.07) is 29.1. The van der Waals surface area contributed by atoms with Gasteiger partial charge in [0.1, 0.15) is 5.75 Å². The molecular weight excluding hydrogens is 468 g/mol. The molecular formula is C29H32N4O2S. The average Bonchev–Trinajstić information content (AvgIpc) is 3.54. The number of methoxy groups -OCH3 is 1. The van der Waals surface area contributed by atoms with Gasteiger partial charge in [0.25, 0.3) is 0 Å². The Morgan fingerprint density at radius 3 is 2.14 bits per heavy atom. The van der Waals surface area contributed by atoms with E-state index >= 15 is 0 Å². The third-order valence-corrected chi connectivity index (χ3v) is 6.94. The molecule has 0 N–H and O–H groups in total. The van der Waals surface area contributed by atoms with Crippen LogP contribution in [0.3, 0.4) is 0 Å². The van der Waals surface area contributed by atoms with Crippen molar-refractivity contribution in [2.45, 2.75) is 45.2 Å². The van der Waals surface area contributed by atoms with Crippen LogP contribution in [0.5, 0.6) is 5.75 Å². The van der Waals surface area contributed by atoms with E-state index < -0.39 is 0 Å². The van der Waals surface area contributed by atoms with E-state index in [0.29, 0.717) is 18.0 Å². The zero-order chi connectivity index (χ0) is 24.7. The third kappa shape index (κ3) is 5.93. The molecule has 3 aromatic carbocycles. The van der Waals surface area contributed by atoms with Crippen LogP contribution in [-0.2, 0) is 31.0 Å². The fourth-order valence-electron chi connectivity index (χ4n) is 4.67. The molecule has 1 aliphatic rings. The van der Waals surface area contributed by atoms with Gasteiger partial charge in [-0.25, -0.2) is 4.68 Å². The number of aromatic nitrogens is 3. The first kappa shape index (κ1) is 24.4. The summed E-state index contributed by atoms with van der Waals surface area (Å²) >= 11 is 6.00. The van der Waals surface area contributed by atoms with E-state index in [1.807, 2.05) is 28.9 Å². The topological polar surface area (TPSA) is 44.5 Å². The summed E-state index contributed by atoms with van der Waals surface area (Å²) in [4.78, 5) is 2.38. The van der Waals surface area contributed by atoms with E-state index in [0.717, 1.165) is 49.7 Å². The normalized spacial score (nSPS) is 15.4. The molecule has 6 nitrogen and oxygen atoms in total. The van der Waals surface area contributed by atoms with E-state index in [-0.39, 0.29) is 6.10 Å². The molecule has 1 aromatic heterocycles. The van der Waals surface area contributed by atoms with Gasteiger partial charge in [0, 0.05) is 25.3 Å². The molecule has 2 heterocycles. The van der Waals surface area contributed by atoms with Gasteiger partial charge in [0.2, 0.25) is 0 Å². The van der Waals surface area contributed by atoms with Crippen molar-refractivity contribution in [2.24, 2.45) is 0 Å². The minimum absolute atomic E-state index is 0.163. The highest BCUT2D eigenvalue weighted by Crippen LogP contribution is 2.24. The van der Waals surface area contributed by atoms with E-state index in [1.165, 1.54) is 11.1 Å². The Labute approximate surface area is 217 Å². The van der Waals surface area contributed by atoms with Gasteiger partial charge in [-0.2, -0.15) is 5.10 Å². The van der Waals surface area contributed by atoms with Crippen LogP contribution in [0, 0.1) is 4.77 Å². The molecule has 4 aromatic rings. The van der Waals surface area contributed by atoms with Crippen molar-refractivity contribution in [1.29, 1.82) is 0 Å². The van der Waals surface area contributed by atoms with Crippen molar-refractivity contribution in [2.75, 3.05) is 13.7 Å². The molecule has 1 saturated heterocycles. The number of hydrogen-bond donors (Lipinski definition) is 0. The molecule has 0 saturated carbocycles. The van der Waals surface area contributed by atoms with Gasteiger partial charge in [-0.15, -0.1) is 0 Å². The van der Waals surface area contributed by atoms with Gasteiger partial charge in [-0.05, 0) is 60.5 Å². The Kier molecular flexibility index (Phi) is 7.91. The standard InChI is InChI=1S/C29H32N4O2S/c1-34-26-16-14-25(15-17-26)28-30-33(29(36)32(28)21-27-13-8-18-35-27)22-31(19-23-9-4-2-5-10-23)20-24-11-6-3-7-12-24/h2-7,9-12,14-17,27H,8,13,18-22H2,1H3/t27-/m0/s1. The largest absolute Gasteiger partial charge is 0.497 e. The molecule has 7 heteroatoms. The predicted molar refractivity (Wildman–Crippen MR) is 144 cm³/mol. The lowest BCUT2D eigenvalue weighted by molar-refractivity contribution is 0.0966. The smallest absolute Gasteiger partial charge is 0.199 e. The van der Waals surface area contributed by atoms with E-state index in [2.05, 4.69) is 70.1 Å². The molecule has 5 rings (SSSR count). The molecule has 0 bridgehead atoms. The lowest BCUT2D eigenvalue weighted by Crippen LogP contribution is -2.26. The van der Waals surface area contributed by atoms with Crippen LogP contribution >= 0.6 is 12.2 Å². The van der Waals surface area contributed by atoms with E-state index in [9.17, 15) is 0 Å². The molecule has 1 atom stereocenters. The quantitative estimate of drug-likeness (QED) is 0.253. The van der Waals surface area contributed by atoms with Gasteiger partial charge < -0.3 is 9.47 Å². The van der Waals surface area contributed by atoms with Crippen LogP contribution in [0.15, 0.2) is 84.9 Å². The maximum atomic E-state index is 6.00. The number of benzene rings is 3. The van der Waals surface area contributed by atoms with Gasteiger partial charge in [-0.3, -0.25) is 9.47 Å². The fourth-order valence-corrected chi connectivity index (χ4v) is 4.93. The Morgan fingerprint density at radius 2 is 1.58 bits per heavy atom. The fraction of sp³-hybridized carbons (Fsp3) is 0.310. The Balaban J connectivity index is 1.48. The zero-order valence-electron chi connectivity index (χ0n) is 20.6. The van der Waals surface area contributed by atoms with Gasteiger partial charge >= 0.3 is 0 Å². The number of hydrogen-bond acceptors (Lipinski definition) is 5.